The molecule has 1 N–H and O–H groups in total. The van der Waals surface area contributed by atoms with Crippen molar-refractivity contribution in [3.8, 4) is 0 Å². The van der Waals surface area contributed by atoms with Crippen LogP contribution in [0.15, 0.2) is 42.7 Å². The normalized spacial score (nSPS) is 18.5. The van der Waals surface area contributed by atoms with Crippen LogP contribution in [-0.4, -0.2) is 63.5 Å². The van der Waals surface area contributed by atoms with E-state index in [0.717, 1.165) is 31.2 Å². The van der Waals surface area contributed by atoms with E-state index in [9.17, 15) is 14.4 Å². The number of piperidine rings is 2. The van der Waals surface area contributed by atoms with E-state index >= 15 is 0 Å². The van der Waals surface area contributed by atoms with Gasteiger partial charge in [-0.3, -0.25) is 19.1 Å². The molecule has 1 aromatic heterocycles. The molecule has 8 nitrogen and oxygen atoms in total. The van der Waals surface area contributed by atoms with Crippen LogP contribution in [0.1, 0.15) is 54.1 Å². The summed E-state index contributed by atoms with van der Waals surface area (Å²) in [5.74, 6) is 0.270. The van der Waals surface area contributed by atoms with Gasteiger partial charge >= 0.3 is 0 Å². The number of rotatable bonds is 6. The van der Waals surface area contributed by atoms with Crippen molar-refractivity contribution in [3.05, 3.63) is 53.9 Å². The number of hydrogen-bond donors (Lipinski definition) is 1. The van der Waals surface area contributed by atoms with Crippen molar-refractivity contribution in [1.82, 2.24) is 24.9 Å². The Morgan fingerprint density at radius 2 is 1.88 bits per heavy atom. The summed E-state index contributed by atoms with van der Waals surface area (Å²) in [5, 5.41) is 7.01. The van der Waals surface area contributed by atoms with Crippen molar-refractivity contribution in [1.29, 1.82) is 0 Å². The summed E-state index contributed by atoms with van der Waals surface area (Å²) >= 11 is 0. The summed E-state index contributed by atoms with van der Waals surface area (Å²) in [6.07, 6.45) is 7.24. The van der Waals surface area contributed by atoms with Crippen LogP contribution in [0.4, 0.5) is 0 Å². The third kappa shape index (κ3) is 5.00. The maximum Gasteiger partial charge on any atom is 0.254 e. The Morgan fingerprint density at radius 3 is 2.53 bits per heavy atom. The smallest absolute Gasteiger partial charge is 0.254 e. The molecule has 2 aliphatic rings. The summed E-state index contributed by atoms with van der Waals surface area (Å²) in [4.78, 5) is 42.1. The van der Waals surface area contributed by atoms with Crippen LogP contribution < -0.4 is 5.32 Å². The first-order valence-corrected chi connectivity index (χ1v) is 11.4. The van der Waals surface area contributed by atoms with Crippen LogP contribution >= 0.6 is 0 Å². The van der Waals surface area contributed by atoms with Gasteiger partial charge in [-0.1, -0.05) is 30.3 Å². The number of aryl methyl sites for hydroxylation is 1. The molecule has 0 aliphatic carbocycles. The van der Waals surface area contributed by atoms with Gasteiger partial charge in [0.05, 0.1) is 11.8 Å². The van der Waals surface area contributed by atoms with Gasteiger partial charge in [-0.2, -0.15) is 5.10 Å². The van der Waals surface area contributed by atoms with E-state index in [1.165, 1.54) is 0 Å². The minimum Gasteiger partial charge on any atom is -0.352 e. The molecular weight excluding hydrogens is 406 g/mol. The maximum atomic E-state index is 13.6. The predicted octanol–water partition coefficient (Wildman–Crippen LogP) is 2.14. The SMILES string of the molecule is Cn1cc(C(=O)NCC2CCN(C(=O)C(c3ccccc3)N3CCCCC3=O)CC2)cn1. The fourth-order valence-electron chi connectivity index (χ4n) is 4.60. The zero-order valence-electron chi connectivity index (χ0n) is 18.6. The fourth-order valence-corrected chi connectivity index (χ4v) is 4.60. The molecule has 0 bridgehead atoms. The number of benzene rings is 1. The Labute approximate surface area is 188 Å². The zero-order valence-corrected chi connectivity index (χ0v) is 18.6. The average molecular weight is 438 g/mol. The van der Waals surface area contributed by atoms with Crippen LogP contribution in [-0.2, 0) is 16.6 Å². The second kappa shape index (κ2) is 9.97. The molecule has 1 unspecified atom stereocenters. The molecular formula is C24H31N5O3. The Kier molecular flexibility index (Phi) is 6.87. The van der Waals surface area contributed by atoms with Crippen molar-refractivity contribution in [2.24, 2.45) is 13.0 Å². The van der Waals surface area contributed by atoms with Crippen molar-refractivity contribution in [2.45, 2.75) is 38.1 Å². The lowest BCUT2D eigenvalue weighted by Gasteiger charge is -2.39. The Balaban J connectivity index is 1.36. The topological polar surface area (TPSA) is 87.5 Å². The predicted molar refractivity (Wildman–Crippen MR) is 120 cm³/mol. The first-order chi connectivity index (χ1) is 15.5. The number of amides is 3. The number of nitrogens with one attached hydrogen (secondary N) is 1. The van der Waals surface area contributed by atoms with E-state index in [1.54, 1.807) is 29.0 Å². The molecule has 3 amide bonds. The van der Waals surface area contributed by atoms with Gasteiger partial charge in [0.15, 0.2) is 0 Å². The maximum absolute atomic E-state index is 13.6. The molecule has 170 valence electrons. The molecule has 2 fully saturated rings. The highest BCUT2D eigenvalue weighted by atomic mass is 16.2. The van der Waals surface area contributed by atoms with Crippen LogP contribution in [0.5, 0.6) is 0 Å². The summed E-state index contributed by atoms with van der Waals surface area (Å²) in [5.41, 5.74) is 1.43. The lowest BCUT2D eigenvalue weighted by molar-refractivity contribution is -0.148. The van der Waals surface area contributed by atoms with E-state index in [2.05, 4.69) is 10.4 Å². The van der Waals surface area contributed by atoms with E-state index in [1.807, 2.05) is 35.2 Å². The van der Waals surface area contributed by atoms with Gasteiger partial charge in [-0.05, 0) is 37.2 Å². The Bertz CT molecular complexity index is 950. The third-order valence-electron chi connectivity index (χ3n) is 6.47. The Hall–Kier alpha value is -3.16. The number of hydrogen-bond acceptors (Lipinski definition) is 4. The van der Waals surface area contributed by atoms with E-state index in [-0.39, 0.29) is 17.7 Å². The van der Waals surface area contributed by atoms with E-state index in [0.29, 0.717) is 44.1 Å². The molecule has 3 heterocycles. The monoisotopic (exact) mass is 437 g/mol. The molecule has 2 saturated heterocycles. The lowest BCUT2D eigenvalue weighted by atomic mass is 9.94. The van der Waals surface area contributed by atoms with Crippen LogP contribution in [0.3, 0.4) is 0 Å². The number of nitrogens with zero attached hydrogens (tertiary/aromatic N) is 4. The standard InChI is InChI=1S/C24H31N5O3/c1-27-17-20(16-26-27)23(31)25-15-18-10-13-28(14-11-18)24(32)22(19-7-3-2-4-8-19)29-12-6-5-9-21(29)30/h2-4,7-8,16-18,22H,5-6,9-15H2,1H3,(H,25,31). The highest BCUT2D eigenvalue weighted by Gasteiger charge is 2.36. The van der Waals surface area contributed by atoms with E-state index in [4.69, 9.17) is 0 Å². The fraction of sp³-hybridized carbons (Fsp3) is 0.500. The number of carbonyl (C=O) groups excluding carboxylic acids is 3. The van der Waals surface area contributed by atoms with Crippen molar-refractivity contribution in [2.75, 3.05) is 26.2 Å². The zero-order chi connectivity index (χ0) is 22.5. The van der Waals surface area contributed by atoms with Crippen molar-refractivity contribution < 1.29 is 14.4 Å². The van der Waals surface area contributed by atoms with Gasteiger partial charge in [0, 0.05) is 45.8 Å². The minimum atomic E-state index is -0.550. The average Bonchev–Trinajstić information content (AvgIpc) is 3.26. The third-order valence-corrected chi connectivity index (χ3v) is 6.47. The van der Waals surface area contributed by atoms with E-state index < -0.39 is 6.04 Å². The molecule has 1 aromatic carbocycles. The molecule has 8 heteroatoms. The molecule has 0 saturated carbocycles. The summed E-state index contributed by atoms with van der Waals surface area (Å²) < 4.78 is 1.61. The van der Waals surface area contributed by atoms with Gasteiger partial charge in [0.1, 0.15) is 6.04 Å². The van der Waals surface area contributed by atoms with Gasteiger partial charge in [-0.25, -0.2) is 0 Å². The highest BCUT2D eigenvalue weighted by Crippen LogP contribution is 2.29. The first kappa shape index (κ1) is 22.0. The second-order valence-electron chi connectivity index (χ2n) is 8.74. The van der Waals surface area contributed by atoms with Gasteiger partial charge in [0.2, 0.25) is 11.8 Å². The minimum absolute atomic E-state index is 0.00398. The Morgan fingerprint density at radius 1 is 1.12 bits per heavy atom. The van der Waals surface area contributed by atoms with Crippen LogP contribution in [0.25, 0.3) is 0 Å². The number of aromatic nitrogens is 2. The highest BCUT2D eigenvalue weighted by molar-refractivity contribution is 5.93. The summed E-state index contributed by atoms with van der Waals surface area (Å²) in [6.45, 7) is 2.48. The second-order valence-corrected chi connectivity index (χ2v) is 8.74. The molecule has 1 atom stereocenters. The lowest BCUT2D eigenvalue weighted by Crippen LogP contribution is -2.49. The summed E-state index contributed by atoms with van der Waals surface area (Å²) in [7, 11) is 1.78. The molecule has 2 aliphatic heterocycles. The molecule has 4 rings (SSSR count). The quantitative estimate of drug-likeness (QED) is 0.750. The first-order valence-electron chi connectivity index (χ1n) is 11.4. The van der Waals surface area contributed by atoms with Gasteiger partial charge in [-0.15, -0.1) is 0 Å². The van der Waals surface area contributed by atoms with Crippen molar-refractivity contribution in [3.63, 3.8) is 0 Å². The van der Waals surface area contributed by atoms with Crippen LogP contribution in [0, 0.1) is 5.92 Å². The van der Waals surface area contributed by atoms with Gasteiger partial charge < -0.3 is 15.1 Å². The van der Waals surface area contributed by atoms with Gasteiger partial charge in [0.25, 0.3) is 5.91 Å². The molecule has 0 spiro atoms. The largest absolute Gasteiger partial charge is 0.352 e. The van der Waals surface area contributed by atoms with Crippen molar-refractivity contribution >= 4 is 17.7 Å². The molecule has 2 aromatic rings. The molecule has 32 heavy (non-hydrogen) atoms. The molecule has 0 radical (unpaired) electrons. The number of likely N-dealkylation sites (tertiary alicyclic amines) is 2. The van der Waals surface area contributed by atoms with Crippen LogP contribution in [0.2, 0.25) is 0 Å². The number of carbonyl (C=O) groups is 3. The summed E-state index contributed by atoms with van der Waals surface area (Å²) in [6, 6.07) is 9.08.